The number of hydrogen-bond donors (Lipinski definition) is 0. The molecule has 1 aromatic carbocycles. The Labute approximate surface area is 118 Å². The highest BCUT2D eigenvalue weighted by atomic mass is 35.5. The first-order valence-corrected chi connectivity index (χ1v) is 6.13. The third-order valence-corrected chi connectivity index (χ3v) is 2.91. The summed E-state index contributed by atoms with van der Waals surface area (Å²) < 4.78 is 0. The summed E-state index contributed by atoms with van der Waals surface area (Å²) >= 11 is 6.04. The molecule has 0 N–H and O–H groups in total. The van der Waals surface area contributed by atoms with Crippen LogP contribution in [0.25, 0.3) is 0 Å². The molecule has 0 atom stereocenters. The van der Waals surface area contributed by atoms with Gasteiger partial charge in [-0.3, -0.25) is 9.59 Å². The van der Waals surface area contributed by atoms with Crippen molar-refractivity contribution in [1.29, 1.82) is 0 Å². The fourth-order valence-corrected chi connectivity index (χ4v) is 1.65. The van der Waals surface area contributed by atoms with Gasteiger partial charge in [0.2, 0.25) is 5.91 Å². The normalized spacial score (nSPS) is 10.6. The first-order chi connectivity index (χ1) is 8.82. The van der Waals surface area contributed by atoms with Gasteiger partial charge >= 0.3 is 0 Å². The number of nitrogens with zero attached hydrogens (tertiary/aromatic N) is 2. The van der Waals surface area contributed by atoms with Gasteiger partial charge in [0, 0.05) is 45.9 Å². The van der Waals surface area contributed by atoms with Gasteiger partial charge in [-0.1, -0.05) is 11.6 Å². The van der Waals surface area contributed by atoms with Crippen molar-refractivity contribution >= 4 is 29.0 Å². The standard InChI is InChI=1S/C14H17ClN2O2/c1-10(18)17(4)13-9-11(5-6-12(13)15)14(19)7-8-16(2)3/h5-9H,1-4H3. The van der Waals surface area contributed by atoms with E-state index in [1.165, 1.54) is 17.9 Å². The van der Waals surface area contributed by atoms with Crippen molar-refractivity contribution in [2.75, 3.05) is 26.0 Å². The van der Waals surface area contributed by atoms with Crippen LogP contribution in [0.15, 0.2) is 30.5 Å². The largest absolute Gasteiger partial charge is 0.383 e. The van der Waals surface area contributed by atoms with Crippen LogP contribution in [0.1, 0.15) is 17.3 Å². The molecule has 1 amide bonds. The molecule has 0 saturated heterocycles. The Kier molecular flexibility index (Phi) is 5.12. The smallest absolute Gasteiger partial charge is 0.223 e. The summed E-state index contributed by atoms with van der Waals surface area (Å²) in [5, 5.41) is 0.436. The topological polar surface area (TPSA) is 40.6 Å². The molecule has 0 radical (unpaired) electrons. The van der Waals surface area contributed by atoms with Gasteiger partial charge in [-0.25, -0.2) is 0 Å². The van der Waals surface area contributed by atoms with Gasteiger partial charge in [0.25, 0.3) is 0 Å². The van der Waals surface area contributed by atoms with Gasteiger partial charge in [-0.2, -0.15) is 0 Å². The lowest BCUT2D eigenvalue weighted by molar-refractivity contribution is -0.116. The molecule has 4 nitrogen and oxygen atoms in total. The zero-order valence-corrected chi connectivity index (χ0v) is 12.2. The molecular formula is C14H17ClN2O2. The van der Waals surface area contributed by atoms with E-state index in [0.717, 1.165) is 0 Å². The Balaban J connectivity index is 3.09. The molecule has 0 aromatic heterocycles. The first-order valence-electron chi connectivity index (χ1n) is 5.75. The Morgan fingerprint density at radius 2 is 1.84 bits per heavy atom. The molecule has 0 unspecified atom stereocenters. The maximum absolute atomic E-state index is 11.9. The van der Waals surface area contributed by atoms with Crippen LogP contribution in [0.5, 0.6) is 0 Å². The molecule has 19 heavy (non-hydrogen) atoms. The lowest BCUT2D eigenvalue weighted by atomic mass is 10.1. The van der Waals surface area contributed by atoms with E-state index in [1.807, 2.05) is 14.1 Å². The summed E-state index contributed by atoms with van der Waals surface area (Å²) in [5.41, 5.74) is 1.02. The maximum Gasteiger partial charge on any atom is 0.223 e. The average molecular weight is 281 g/mol. The number of carbonyl (C=O) groups excluding carboxylic acids is 2. The Bertz CT molecular complexity index is 524. The van der Waals surface area contributed by atoms with E-state index < -0.39 is 0 Å². The van der Waals surface area contributed by atoms with Gasteiger partial charge in [0.15, 0.2) is 5.78 Å². The highest BCUT2D eigenvalue weighted by Gasteiger charge is 2.12. The van der Waals surface area contributed by atoms with E-state index in [9.17, 15) is 9.59 Å². The molecule has 0 saturated carbocycles. The minimum Gasteiger partial charge on any atom is -0.383 e. The highest BCUT2D eigenvalue weighted by Crippen LogP contribution is 2.26. The highest BCUT2D eigenvalue weighted by molar-refractivity contribution is 6.34. The minimum atomic E-state index is -0.143. The van der Waals surface area contributed by atoms with Gasteiger partial charge < -0.3 is 9.80 Å². The lowest BCUT2D eigenvalue weighted by Crippen LogP contribution is -2.23. The number of anilines is 1. The predicted molar refractivity (Wildman–Crippen MR) is 77.7 cm³/mol. The second-order valence-corrected chi connectivity index (χ2v) is 4.80. The number of benzene rings is 1. The molecule has 0 aliphatic rings. The van der Waals surface area contributed by atoms with Crippen molar-refractivity contribution in [2.24, 2.45) is 0 Å². The van der Waals surface area contributed by atoms with Crippen LogP contribution < -0.4 is 4.90 Å². The Morgan fingerprint density at radius 1 is 1.21 bits per heavy atom. The van der Waals surface area contributed by atoms with E-state index >= 15 is 0 Å². The number of halogens is 1. The van der Waals surface area contributed by atoms with Crippen LogP contribution in [0.3, 0.4) is 0 Å². The van der Waals surface area contributed by atoms with E-state index in [4.69, 9.17) is 11.6 Å². The maximum atomic E-state index is 11.9. The molecule has 0 heterocycles. The number of rotatable bonds is 4. The van der Waals surface area contributed by atoms with Gasteiger partial charge in [-0.05, 0) is 18.2 Å². The fraction of sp³-hybridized carbons (Fsp3) is 0.286. The number of allylic oxidation sites excluding steroid dienone is 1. The monoisotopic (exact) mass is 280 g/mol. The molecule has 0 aliphatic heterocycles. The number of carbonyl (C=O) groups is 2. The van der Waals surface area contributed by atoms with E-state index in [1.54, 1.807) is 36.3 Å². The van der Waals surface area contributed by atoms with Gasteiger partial charge in [-0.15, -0.1) is 0 Å². The number of ketones is 1. The third kappa shape index (κ3) is 4.10. The second-order valence-electron chi connectivity index (χ2n) is 4.39. The lowest BCUT2D eigenvalue weighted by Gasteiger charge is -2.17. The Hall–Kier alpha value is -1.81. The molecule has 1 rings (SSSR count). The first kappa shape index (κ1) is 15.2. The molecule has 5 heteroatoms. The van der Waals surface area contributed by atoms with E-state index in [2.05, 4.69) is 0 Å². The summed E-state index contributed by atoms with van der Waals surface area (Å²) in [7, 11) is 5.29. The molecular weight excluding hydrogens is 264 g/mol. The summed E-state index contributed by atoms with van der Waals surface area (Å²) in [6.45, 7) is 1.44. The molecule has 0 aliphatic carbocycles. The zero-order chi connectivity index (χ0) is 14.6. The quantitative estimate of drug-likeness (QED) is 0.629. The fourth-order valence-electron chi connectivity index (χ4n) is 1.41. The SMILES string of the molecule is CC(=O)N(C)c1cc(C(=O)C=CN(C)C)ccc1Cl. The summed E-state index contributed by atoms with van der Waals surface area (Å²) in [6.07, 6.45) is 3.14. The van der Waals surface area contributed by atoms with Crippen molar-refractivity contribution in [3.63, 3.8) is 0 Å². The van der Waals surface area contributed by atoms with Crippen LogP contribution in [-0.4, -0.2) is 37.7 Å². The van der Waals surface area contributed by atoms with E-state index in [0.29, 0.717) is 16.3 Å². The molecule has 102 valence electrons. The average Bonchev–Trinajstić information content (AvgIpc) is 2.35. The zero-order valence-electron chi connectivity index (χ0n) is 11.5. The molecule has 0 bridgehead atoms. The van der Waals surface area contributed by atoms with Crippen LogP contribution in [0, 0.1) is 0 Å². The minimum absolute atomic E-state index is 0.136. The summed E-state index contributed by atoms with van der Waals surface area (Å²) in [6, 6.07) is 4.88. The Morgan fingerprint density at radius 3 is 2.37 bits per heavy atom. The number of hydrogen-bond acceptors (Lipinski definition) is 3. The summed E-state index contributed by atoms with van der Waals surface area (Å²) in [4.78, 5) is 26.5. The van der Waals surface area contributed by atoms with Crippen LogP contribution in [-0.2, 0) is 4.79 Å². The molecule has 0 spiro atoms. The molecule has 0 fully saturated rings. The van der Waals surface area contributed by atoms with Crippen molar-refractivity contribution in [2.45, 2.75) is 6.92 Å². The van der Waals surface area contributed by atoms with Crippen LogP contribution in [0.2, 0.25) is 5.02 Å². The summed E-state index contributed by atoms with van der Waals surface area (Å²) in [5.74, 6) is -0.279. The van der Waals surface area contributed by atoms with E-state index in [-0.39, 0.29) is 11.7 Å². The van der Waals surface area contributed by atoms with Gasteiger partial charge in [0.05, 0.1) is 10.7 Å². The number of amides is 1. The molecule has 1 aromatic rings. The second kappa shape index (κ2) is 6.38. The predicted octanol–water partition coefficient (Wildman–Crippen LogP) is 2.58. The van der Waals surface area contributed by atoms with Crippen molar-refractivity contribution in [1.82, 2.24) is 4.90 Å². The van der Waals surface area contributed by atoms with Crippen molar-refractivity contribution in [3.8, 4) is 0 Å². The third-order valence-electron chi connectivity index (χ3n) is 2.59. The van der Waals surface area contributed by atoms with Crippen LogP contribution in [0.4, 0.5) is 5.69 Å². The van der Waals surface area contributed by atoms with Gasteiger partial charge in [0.1, 0.15) is 0 Å². The van der Waals surface area contributed by atoms with Crippen LogP contribution >= 0.6 is 11.6 Å². The van der Waals surface area contributed by atoms with Crippen molar-refractivity contribution in [3.05, 3.63) is 41.1 Å². The van der Waals surface area contributed by atoms with Crippen molar-refractivity contribution < 1.29 is 9.59 Å².